The third kappa shape index (κ3) is 3.35. The molecule has 0 aliphatic rings. The maximum atomic E-state index is 11.8. The Kier molecular flexibility index (Phi) is 4.95. The third-order valence-corrected chi connectivity index (χ3v) is 2.33. The molecule has 0 unspecified atom stereocenters. The maximum absolute atomic E-state index is 11.8. The van der Waals surface area contributed by atoms with Crippen molar-refractivity contribution in [1.82, 2.24) is 0 Å². The lowest BCUT2D eigenvalue weighted by Gasteiger charge is -2.08. The van der Waals surface area contributed by atoms with Gasteiger partial charge in [0.05, 0.1) is 5.71 Å². The highest BCUT2D eigenvalue weighted by molar-refractivity contribution is 6.01. The lowest BCUT2D eigenvalue weighted by atomic mass is 10.1. The summed E-state index contributed by atoms with van der Waals surface area (Å²) in [4.78, 5) is 16.9. The molecule has 1 rings (SSSR count). The van der Waals surface area contributed by atoms with Crippen LogP contribution >= 0.6 is 0 Å². The minimum atomic E-state index is -0.584. The Morgan fingerprint density at radius 3 is 2.61 bits per heavy atom. The van der Waals surface area contributed by atoms with Crippen molar-refractivity contribution in [3.05, 3.63) is 27.8 Å². The van der Waals surface area contributed by atoms with Gasteiger partial charge >= 0.3 is 5.63 Å². The van der Waals surface area contributed by atoms with Crippen molar-refractivity contribution in [2.75, 3.05) is 0 Å². The Labute approximate surface area is 106 Å². The largest absolute Gasteiger partial charge is 0.507 e. The minimum Gasteiger partial charge on any atom is -0.507 e. The quantitative estimate of drug-likeness (QED) is 0.646. The molecule has 0 bridgehead atoms. The van der Waals surface area contributed by atoms with Crippen LogP contribution in [0.2, 0.25) is 0 Å². The summed E-state index contributed by atoms with van der Waals surface area (Å²) in [7, 11) is 0. The van der Waals surface area contributed by atoms with Crippen molar-refractivity contribution in [2.24, 2.45) is 5.16 Å². The summed E-state index contributed by atoms with van der Waals surface area (Å²) < 4.78 is 5.08. The molecule has 0 radical (unpaired) electrons. The normalized spacial score (nSPS) is 11.9. The topological polar surface area (TPSA) is 72.0 Å². The molecule has 0 aliphatic carbocycles. The molecule has 100 valence electrons. The molecule has 1 heterocycles. The molecule has 0 amide bonds. The molecular formula is C13H19NO4. The molecule has 0 spiro atoms. The van der Waals surface area contributed by atoms with E-state index in [1.165, 1.54) is 6.07 Å². The smallest absolute Gasteiger partial charge is 0.349 e. The summed E-state index contributed by atoms with van der Waals surface area (Å²) in [6.45, 7) is 7.34. The Morgan fingerprint density at radius 1 is 1.50 bits per heavy atom. The molecule has 0 atom stereocenters. The molecule has 1 aromatic rings. The fourth-order valence-electron chi connectivity index (χ4n) is 1.42. The number of aryl methyl sites for hydroxylation is 1. The molecule has 0 aromatic carbocycles. The molecule has 18 heavy (non-hydrogen) atoms. The van der Waals surface area contributed by atoms with Gasteiger partial charge in [0.15, 0.2) is 0 Å². The summed E-state index contributed by atoms with van der Waals surface area (Å²) in [6, 6.07) is 1.44. The fourth-order valence-corrected chi connectivity index (χ4v) is 1.42. The van der Waals surface area contributed by atoms with Gasteiger partial charge in [-0.1, -0.05) is 19.0 Å². The Morgan fingerprint density at radius 2 is 2.17 bits per heavy atom. The first-order chi connectivity index (χ1) is 8.49. The Hall–Kier alpha value is -1.78. The second-order valence-electron chi connectivity index (χ2n) is 4.16. The van der Waals surface area contributed by atoms with Crippen LogP contribution in [0.15, 0.2) is 20.4 Å². The molecule has 0 aliphatic heterocycles. The van der Waals surface area contributed by atoms with Crippen molar-refractivity contribution < 1.29 is 14.4 Å². The van der Waals surface area contributed by atoms with Crippen molar-refractivity contribution in [2.45, 2.75) is 46.6 Å². The van der Waals surface area contributed by atoms with Crippen molar-refractivity contribution >= 4 is 5.71 Å². The predicted octanol–water partition coefficient (Wildman–Crippen LogP) is 2.45. The van der Waals surface area contributed by atoms with E-state index in [1.807, 2.05) is 27.7 Å². The summed E-state index contributed by atoms with van der Waals surface area (Å²) in [5.41, 5.74) is -0.118. The van der Waals surface area contributed by atoms with E-state index >= 15 is 0 Å². The van der Waals surface area contributed by atoms with E-state index in [4.69, 9.17) is 9.25 Å². The van der Waals surface area contributed by atoms with Crippen LogP contribution in [0, 0.1) is 0 Å². The Balaban J connectivity index is 3.22. The van der Waals surface area contributed by atoms with Gasteiger partial charge in [-0.25, -0.2) is 4.79 Å². The van der Waals surface area contributed by atoms with Crippen LogP contribution in [-0.2, 0) is 11.3 Å². The van der Waals surface area contributed by atoms with Crippen LogP contribution in [0.3, 0.4) is 0 Å². The number of rotatable bonds is 5. The van der Waals surface area contributed by atoms with Crippen LogP contribution in [-0.4, -0.2) is 16.9 Å². The lowest BCUT2D eigenvalue weighted by molar-refractivity contribution is 0.0856. The highest BCUT2D eigenvalue weighted by Crippen LogP contribution is 2.17. The maximum Gasteiger partial charge on any atom is 0.349 e. The van der Waals surface area contributed by atoms with E-state index in [0.29, 0.717) is 24.3 Å². The van der Waals surface area contributed by atoms with Gasteiger partial charge in [0.2, 0.25) is 0 Å². The summed E-state index contributed by atoms with van der Waals surface area (Å²) in [5, 5.41) is 13.8. The van der Waals surface area contributed by atoms with Gasteiger partial charge in [-0.2, -0.15) is 0 Å². The Bertz CT molecular complexity index is 488. The van der Waals surface area contributed by atoms with Crippen molar-refractivity contribution in [3.63, 3.8) is 0 Å². The summed E-state index contributed by atoms with van der Waals surface area (Å²) >= 11 is 0. The van der Waals surface area contributed by atoms with E-state index in [0.717, 1.165) is 0 Å². The van der Waals surface area contributed by atoms with Gasteiger partial charge in [0.25, 0.3) is 0 Å². The van der Waals surface area contributed by atoms with E-state index in [2.05, 4.69) is 5.16 Å². The van der Waals surface area contributed by atoms with Gasteiger partial charge < -0.3 is 14.4 Å². The van der Waals surface area contributed by atoms with Gasteiger partial charge in [0.1, 0.15) is 23.2 Å². The monoisotopic (exact) mass is 253 g/mol. The molecule has 0 fully saturated rings. The second kappa shape index (κ2) is 6.23. The average molecular weight is 253 g/mol. The predicted molar refractivity (Wildman–Crippen MR) is 69.1 cm³/mol. The van der Waals surface area contributed by atoms with Crippen LogP contribution < -0.4 is 5.63 Å². The standard InChI is InChI=1S/C13H19NO4/c1-5-9-7-11(15)12(13(16)17-9)10(6-2)14-18-8(3)4/h7-8,15H,5-6H2,1-4H3. The van der Waals surface area contributed by atoms with Crippen LogP contribution in [0.4, 0.5) is 0 Å². The van der Waals surface area contributed by atoms with E-state index in [9.17, 15) is 9.90 Å². The molecular weight excluding hydrogens is 234 g/mol. The third-order valence-electron chi connectivity index (χ3n) is 2.33. The zero-order valence-corrected chi connectivity index (χ0v) is 11.2. The van der Waals surface area contributed by atoms with Crippen LogP contribution in [0.25, 0.3) is 0 Å². The first-order valence-corrected chi connectivity index (χ1v) is 6.08. The first kappa shape index (κ1) is 14.3. The van der Waals surface area contributed by atoms with Crippen LogP contribution in [0.5, 0.6) is 5.75 Å². The highest BCUT2D eigenvalue weighted by Gasteiger charge is 2.16. The first-order valence-electron chi connectivity index (χ1n) is 6.08. The average Bonchev–Trinajstić information content (AvgIpc) is 2.31. The zero-order valence-electron chi connectivity index (χ0n) is 11.2. The molecule has 0 saturated heterocycles. The van der Waals surface area contributed by atoms with Crippen molar-refractivity contribution in [3.8, 4) is 5.75 Å². The minimum absolute atomic E-state index is 0.0790. The molecule has 1 N–H and O–H groups in total. The SMILES string of the molecule is CCC(=NOC(C)C)c1c(O)cc(CC)oc1=O. The lowest BCUT2D eigenvalue weighted by Crippen LogP contribution is -2.16. The number of nitrogens with zero attached hydrogens (tertiary/aromatic N) is 1. The molecule has 5 nitrogen and oxygen atoms in total. The van der Waals surface area contributed by atoms with Crippen LogP contribution in [0.1, 0.15) is 45.4 Å². The molecule has 5 heteroatoms. The van der Waals surface area contributed by atoms with Gasteiger partial charge in [-0.3, -0.25) is 0 Å². The zero-order chi connectivity index (χ0) is 13.7. The molecule has 0 saturated carbocycles. The molecule has 1 aromatic heterocycles. The van der Waals surface area contributed by atoms with E-state index in [-0.39, 0.29) is 17.4 Å². The van der Waals surface area contributed by atoms with E-state index in [1.54, 1.807) is 0 Å². The fraction of sp³-hybridized carbons (Fsp3) is 0.538. The van der Waals surface area contributed by atoms with Crippen molar-refractivity contribution in [1.29, 1.82) is 0 Å². The summed E-state index contributed by atoms with van der Waals surface area (Å²) in [5.74, 6) is 0.331. The number of hydrogen-bond acceptors (Lipinski definition) is 5. The van der Waals surface area contributed by atoms with Gasteiger partial charge in [-0.15, -0.1) is 0 Å². The van der Waals surface area contributed by atoms with E-state index < -0.39 is 5.63 Å². The van der Waals surface area contributed by atoms with Gasteiger partial charge in [-0.05, 0) is 20.3 Å². The number of hydrogen-bond donors (Lipinski definition) is 1. The van der Waals surface area contributed by atoms with Gasteiger partial charge in [0, 0.05) is 12.5 Å². The second-order valence-corrected chi connectivity index (χ2v) is 4.16. The summed E-state index contributed by atoms with van der Waals surface area (Å²) in [6.07, 6.45) is 0.927. The highest BCUT2D eigenvalue weighted by atomic mass is 16.6. The number of aromatic hydroxyl groups is 1. The number of oxime groups is 1.